The van der Waals surface area contributed by atoms with E-state index in [0.717, 1.165) is 39.0 Å². The van der Waals surface area contributed by atoms with Gasteiger partial charge >= 0.3 is 0 Å². The standard InChI is InChI=1S/C19H21NO3S/c1-22-16-4-2-3-15(13-16)18(21)20-9-7-19(8-10-20)17-14(5-11-23-19)6-12-24-17/h2-4,6,12-13H,5,7-11H2,1H3. The van der Waals surface area contributed by atoms with Crippen LogP contribution in [0, 0.1) is 0 Å². The maximum absolute atomic E-state index is 12.8. The number of benzene rings is 1. The molecule has 1 amide bonds. The van der Waals surface area contributed by atoms with Crippen LogP contribution in [-0.4, -0.2) is 37.6 Å². The molecule has 0 aliphatic carbocycles. The van der Waals surface area contributed by atoms with Crippen molar-refractivity contribution >= 4 is 17.2 Å². The fourth-order valence-electron chi connectivity index (χ4n) is 3.74. The van der Waals surface area contributed by atoms with Crippen molar-refractivity contribution in [2.45, 2.75) is 24.9 Å². The van der Waals surface area contributed by atoms with E-state index < -0.39 is 0 Å². The molecule has 4 nitrogen and oxygen atoms in total. The molecule has 2 aromatic rings. The van der Waals surface area contributed by atoms with Gasteiger partial charge in [0.05, 0.1) is 13.7 Å². The number of hydrogen-bond acceptors (Lipinski definition) is 4. The number of likely N-dealkylation sites (tertiary alicyclic amines) is 1. The van der Waals surface area contributed by atoms with Crippen LogP contribution < -0.4 is 4.74 Å². The molecular formula is C19H21NO3S. The second-order valence-electron chi connectivity index (χ2n) is 6.39. The van der Waals surface area contributed by atoms with Gasteiger partial charge in [0.25, 0.3) is 5.91 Å². The number of methoxy groups -OCH3 is 1. The van der Waals surface area contributed by atoms with E-state index in [-0.39, 0.29) is 11.5 Å². The topological polar surface area (TPSA) is 38.8 Å². The Morgan fingerprint density at radius 2 is 2.12 bits per heavy atom. The van der Waals surface area contributed by atoms with Gasteiger partial charge in [0.2, 0.25) is 0 Å². The molecule has 0 atom stereocenters. The summed E-state index contributed by atoms with van der Waals surface area (Å²) in [6.07, 6.45) is 2.75. The van der Waals surface area contributed by atoms with Crippen molar-refractivity contribution in [2.75, 3.05) is 26.8 Å². The first-order valence-corrected chi connectivity index (χ1v) is 9.24. The molecule has 126 valence electrons. The van der Waals surface area contributed by atoms with Gasteiger partial charge in [-0.15, -0.1) is 11.3 Å². The van der Waals surface area contributed by atoms with Crippen LogP contribution in [0.5, 0.6) is 5.75 Å². The van der Waals surface area contributed by atoms with E-state index in [1.165, 1.54) is 10.4 Å². The average Bonchev–Trinajstić information content (AvgIpc) is 3.12. The Hall–Kier alpha value is -1.85. The van der Waals surface area contributed by atoms with Gasteiger partial charge in [-0.2, -0.15) is 0 Å². The molecule has 0 saturated carbocycles. The number of thiophene rings is 1. The summed E-state index contributed by atoms with van der Waals surface area (Å²) in [5, 5.41) is 2.16. The Bertz CT molecular complexity index is 747. The summed E-state index contributed by atoms with van der Waals surface area (Å²) < 4.78 is 11.4. The molecular weight excluding hydrogens is 322 g/mol. The van der Waals surface area contributed by atoms with E-state index in [9.17, 15) is 4.79 Å². The van der Waals surface area contributed by atoms with Crippen LogP contribution in [0.4, 0.5) is 0 Å². The lowest BCUT2D eigenvalue weighted by Gasteiger charge is -2.43. The molecule has 1 spiro atoms. The van der Waals surface area contributed by atoms with Crippen molar-refractivity contribution in [1.29, 1.82) is 0 Å². The highest BCUT2D eigenvalue weighted by Crippen LogP contribution is 2.44. The third-order valence-electron chi connectivity index (χ3n) is 5.09. The van der Waals surface area contributed by atoms with E-state index in [1.54, 1.807) is 24.5 Å². The number of hydrogen-bond donors (Lipinski definition) is 0. The number of ether oxygens (including phenoxy) is 2. The summed E-state index contributed by atoms with van der Waals surface area (Å²) in [5.74, 6) is 0.791. The maximum Gasteiger partial charge on any atom is 0.253 e. The molecule has 0 bridgehead atoms. The highest BCUT2D eigenvalue weighted by atomic mass is 32.1. The van der Waals surface area contributed by atoms with Gasteiger partial charge in [-0.05, 0) is 54.5 Å². The van der Waals surface area contributed by atoms with Crippen molar-refractivity contribution in [1.82, 2.24) is 4.90 Å². The first kappa shape index (κ1) is 15.7. The number of piperidine rings is 1. The molecule has 1 saturated heterocycles. The van der Waals surface area contributed by atoms with Gasteiger partial charge in [0, 0.05) is 23.5 Å². The number of fused-ring (bicyclic) bond motifs is 2. The number of amides is 1. The number of nitrogens with zero attached hydrogens (tertiary/aromatic N) is 1. The summed E-state index contributed by atoms with van der Waals surface area (Å²) in [4.78, 5) is 16.1. The third kappa shape index (κ3) is 2.62. The molecule has 24 heavy (non-hydrogen) atoms. The fourth-order valence-corrected chi connectivity index (χ4v) is 4.90. The summed E-state index contributed by atoms with van der Waals surface area (Å²) in [6, 6.07) is 9.60. The van der Waals surface area contributed by atoms with E-state index in [4.69, 9.17) is 9.47 Å². The van der Waals surface area contributed by atoms with Crippen molar-refractivity contribution in [2.24, 2.45) is 0 Å². The van der Waals surface area contributed by atoms with Crippen LogP contribution in [0.3, 0.4) is 0 Å². The Morgan fingerprint density at radius 1 is 1.29 bits per heavy atom. The van der Waals surface area contributed by atoms with Crippen molar-refractivity contribution in [3.05, 3.63) is 51.7 Å². The van der Waals surface area contributed by atoms with Gasteiger partial charge in [-0.1, -0.05) is 6.07 Å². The first-order chi connectivity index (χ1) is 11.7. The van der Waals surface area contributed by atoms with Crippen molar-refractivity contribution in [3.63, 3.8) is 0 Å². The Labute approximate surface area is 146 Å². The summed E-state index contributed by atoms with van der Waals surface area (Å²) >= 11 is 1.80. The molecule has 1 aromatic heterocycles. The van der Waals surface area contributed by atoms with Gasteiger partial charge < -0.3 is 14.4 Å². The summed E-state index contributed by atoms with van der Waals surface area (Å²) in [5.41, 5.74) is 1.94. The Kier molecular flexibility index (Phi) is 4.06. The lowest BCUT2D eigenvalue weighted by molar-refractivity contribution is -0.0906. The predicted molar refractivity (Wildman–Crippen MR) is 93.8 cm³/mol. The molecule has 4 rings (SSSR count). The zero-order valence-electron chi connectivity index (χ0n) is 13.8. The average molecular weight is 343 g/mol. The minimum atomic E-state index is -0.174. The Morgan fingerprint density at radius 3 is 2.92 bits per heavy atom. The van der Waals surface area contributed by atoms with E-state index >= 15 is 0 Å². The molecule has 3 heterocycles. The highest BCUT2D eigenvalue weighted by Gasteiger charge is 2.42. The molecule has 0 N–H and O–H groups in total. The van der Waals surface area contributed by atoms with Gasteiger partial charge in [-0.3, -0.25) is 4.79 Å². The smallest absolute Gasteiger partial charge is 0.253 e. The Balaban J connectivity index is 1.50. The van der Waals surface area contributed by atoms with Crippen LogP contribution in [0.25, 0.3) is 0 Å². The second-order valence-corrected chi connectivity index (χ2v) is 7.31. The molecule has 0 radical (unpaired) electrons. The van der Waals surface area contributed by atoms with Crippen LogP contribution in [-0.2, 0) is 16.8 Å². The van der Waals surface area contributed by atoms with Crippen LogP contribution >= 0.6 is 11.3 Å². The molecule has 0 unspecified atom stereocenters. The monoisotopic (exact) mass is 343 g/mol. The molecule has 1 aromatic carbocycles. The summed E-state index contributed by atoms with van der Waals surface area (Å²) in [7, 11) is 1.62. The van der Waals surface area contributed by atoms with Gasteiger partial charge in [0.1, 0.15) is 11.4 Å². The number of carbonyl (C=O) groups excluding carboxylic acids is 1. The molecule has 1 fully saturated rings. The minimum absolute atomic E-state index is 0.0750. The number of carbonyl (C=O) groups is 1. The van der Waals surface area contributed by atoms with Crippen molar-refractivity contribution < 1.29 is 14.3 Å². The van der Waals surface area contributed by atoms with Crippen molar-refractivity contribution in [3.8, 4) is 5.75 Å². The predicted octanol–water partition coefficient (Wildman–Crippen LogP) is 3.46. The lowest BCUT2D eigenvalue weighted by Crippen LogP contribution is -2.47. The lowest BCUT2D eigenvalue weighted by atomic mass is 9.85. The van der Waals surface area contributed by atoms with Crippen LogP contribution in [0.15, 0.2) is 35.7 Å². The van der Waals surface area contributed by atoms with Crippen LogP contribution in [0.2, 0.25) is 0 Å². The van der Waals surface area contributed by atoms with Gasteiger partial charge in [0.15, 0.2) is 0 Å². The molecule has 2 aliphatic heterocycles. The number of rotatable bonds is 2. The second kappa shape index (κ2) is 6.22. The van der Waals surface area contributed by atoms with Gasteiger partial charge in [-0.25, -0.2) is 0 Å². The largest absolute Gasteiger partial charge is 0.497 e. The normalized spacial score (nSPS) is 19.1. The highest BCUT2D eigenvalue weighted by molar-refractivity contribution is 7.10. The van der Waals surface area contributed by atoms with E-state index in [2.05, 4.69) is 11.4 Å². The zero-order valence-corrected chi connectivity index (χ0v) is 14.6. The zero-order chi connectivity index (χ0) is 16.6. The molecule has 2 aliphatic rings. The fraction of sp³-hybridized carbons (Fsp3) is 0.421. The van der Waals surface area contributed by atoms with E-state index in [1.807, 2.05) is 23.1 Å². The quantitative estimate of drug-likeness (QED) is 0.838. The molecule has 5 heteroatoms. The third-order valence-corrected chi connectivity index (χ3v) is 6.23. The van der Waals surface area contributed by atoms with E-state index in [0.29, 0.717) is 11.3 Å². The first-order valence-electron chi connectivity index (χ1n) is 8.36. The minimum Gasteiger partial charge on any atom is -0.497 e. The summed E-state index contributed by atoms with van der Waals surface area (Å²) in [6.45, 7) is 2.24. The SMILES string of the molecule is COc1cccc(C(=O)N2CCC3(CC2)OCCc2ccsc23)c1. The maximum atomic E-state index is 12.8. The van der Waals surface area contributed by atoms with Crippen LogP contribution in [0.1, 0.15) is 33.6 Å².